The Morgan fingerprint density at radius 2 is 1.12 bits per heavy atom. The molecule has 0 aliphatic rings. The maximum atomic E-state index is 12.0. The molecule has 0 aliphatic carbocycles. The Labute approximate surface area is 189 Å². The van der Waals surface area contributed by atoms with Gasteiger partial charge in [-0.25, -0.2) is 0 Å². The molecule has 0 bridgehead atoms. The zero-order valence-corrected chi connectivity index (χ0v) is 19.1. The van der Waals surface area contributed by atoms with Crippen molar-refractivity contribution in [3.8, 4) is 11.5 Å². The van der Waals surface area contributed by atoms with Crippen LogP contribution in [-0.2, 0) is 32.2 Å². The molecule has 8 heteroatoms. The van der Waals surface area contributed by atoms with Gasteiger partial charge in [-0.05, 0) is 26.0 Å². The molecular weight excluding hydrogens is 412 g/mol. The highest BCUT2D eigenvalue weighted by Gasteiger charge is 2.18. The summed E-state index contributed by atoms with van der Waals surface area (Å²) >= 11 is 0. The van der Waals surface area contributed by atoms with Crippen molar-refractivity contribution in [1.29, 1.82) is 0 Å². The van der Waals surface area contributed by atoms with E-state index in [0.717, 1.165) is 11.1 Å². The van der Waals surface area contributed by atoms with Crippen LogP contribution in [0.25, 0.3) is 0 Å². The topological polar surface area (TPSA) is 99.5 Å². The number of carbonyl (C=O) groups is 2. The number of rotatable bonds is 11. The summed E-state index contributed by atoms with van der Waals surface area (Å²) in [6.45, 7) is 5.45. The van der Waals surface area contributed by atoms with Gasteiger partial charge in [0.1, 0.15) is 11.5 Å². The van der Waals surface area contributed by atoms with Crippen molar-refractivity contribution in [2.24, 2.45) is 0 Å². The largest absolute Gasteiger partial charge is 0.508 e. The maximum Gasteiger partial charge on any atom is 0.319 e. The molecule has 2 N–H and O–H groups in total. The summed E-state index contributed by atoms with van der Waals surface area (Å²) < 4.78 is 9.64. The van der Waals surface area contributed by atoms with E-state index in [1.54, 1.807) is 12.1 Å². The van der Waals surface area contributed by atoms with E-state index < -0.39 is 11.9 Å². The average Bonchev–Trinajstić information content (AvgIpc) is 2.76. The number of carbonyl (C=O) groups excluding carboxylic acids is 2. The van der Waals surface area contributed by atoms with E-state index in [2.05, 4.69) is 0 Å². The molecule has 2 aromatic carbocycles. The molecule has 0 aromatic heterocycles. The Morgan fingerprint density at radius 1 is 0.750 bits per heavy atom. The second-order valence-corrected chi connectivity index (χ2v) is 7.84. The van der Waals surface area contributed by atoms with Gasteiger partial charge in [0, 0.05) is 37.3 Å². The molecule has 0 heterocycles. The van der Waals surface area contributed by atoms with E-state index in [9.17, 15) is 19.8 Å². The first-order valence-corrected chi connectivity index (χ1v) is 10.4. The van der Waals surface area contributed by atoms with Gasteiger partial charge in [0.05, 0.1) is 27.3 Å². The van der Waals surface area contributed by atoms with Crippen LogP contribution in [-0.4, -0.2) is 72.4 Å². The molecule has 32 heavy (non-hydrogen) atoms. The lowest BCUT2D eigenvalue weighted by Crippen LogP contribution is -2.39. The highest BCUT2D eigenvalue weighted by atomic mass is 16.5. The van der Waals surface area contributed by atoms with Crippen molar-refractivity contribution in [2.45, 2.75) is 26.9 Å². The first-order chi connectivity index (χ1) is 15.2. The number of esters is 2. The normalized spacial score (nSPS) is 11.1. The molecule has 0 fully saturated rings. The van der Waals surface area contributed by atoms with Gasteiger partial charge in [-0.3, -0.25) is 19.4 Å². The predicted molar refractivity (Wildman–Crippen MR) is 120 cm³/mol. The monoisotopic (exact) mass is 444 g/mol. The van der Waals surface area contributed by atoms with Gasteiger partial charge in [-0.2, -0.15) is 0 Å². The van der Waals surface area contributed by atoms with Crippen molar-refractivity contribution in [3.05, 3.63) is 58.7 Å². The zero-order chi connectivity index (χ0) is 23.7. The molecule has 8 nitrogen and oxygen atoms in total. The lowest BCUT2D eigenvalue weighted by atomic mass is 10.1. The standard InChI is InChI=1S/C24H32N2O6/c1-17-5-7-21(27)19(11-17)13-25(15-23(29)31-3)9-10-26(16-24(30)32-4)14-20-12-18(2)6-8-22(20)28/h5-8,11-12,27-28H,9-10,13-16H2,1-4H3. The van der Waals surface area contributed by atoms with Gasteiger partial charge < -0.3 is 19.7 Å². The lowest BCUT2D eigenvalue weighted by Gasteiger charge is -2.27. The Balaban J connectivity index is 2.17. The summed E-state index contributed by atoms with van der Waals surface area (Å²) in [4.78, 5) is 27.6. The fraction of sp³-hybridized carbons (Fsp3) is 0.417. The summed E-state index contributed by atoms with van der Waals surface area (Å²) in [7, 11) is 2.66. The van der Waals surface area contributed by atoms with E-state index in [0.29, 0.717) is 37.3 Å². The number of hydrogen-bond donors (Lipinski definition) is 2. The Morgan fingerprint density at radius 3 is 1.47 bits per heavy atom. The van der Waals surface area contributed by atoms with Crippen LogP contribution in [0.15, 0.2) is 36.4 Å². The predicted octanol–water partition coefficient (Wildman–Crippen LogP) is 2.36. The zero-order valence-electron chi connectivity index (χ0n) is 19.1. The van der Waals surface area contributed by atoms with E-state index >= 15 is 0 Å². The van der Waals surface area contributed by atoms with Crippen LogP contribution in [0.1, 0.15) is 22.3 Å². The van der Waals surface area contributed by atoms with Crippen molar-refractivity contribution >= 4 is 11.9 Å². The van der Waals surface area contributed by atoms with Crippen molar-refractivity contribution in [1.82, 2.24) is 9.80 Å². The van der Waals surface area contributed by atoms with Gasteiger partial charge >= 0.3 is 11.9 Å². The van der Waals surface area contributed by atoms with Crippen molar-refractivity contribution in [3.63, 3.8) is 0 Å². The molecule has 2 rings (SSSR count). The fourth-order valence-corrected chi connectivity index (χ4v) is 3.37. The summed E-state index contributed by atoms with van der Waals surface area (Å²) in [6.07, 6.45) is 0. The van der Waals surface area contributed by atoms with E-state index in [1.807, 2.05) is 47.9 Å². The molecule has 0 saturated heterocycles. The summed E-state index contributed by atoms with van der Waals surface area (Å²) in [5.41, 5.74) is 3.39. The average molecular weight is 445 g/mol. The molecule has 0 spiro atoms. The Kier molecular flexibility index (Phi) is 9.49. The molecule has 0 amide bonds. The highest BCUT2D eigenvalue weighted by Crippen LogP contribution is 2.22. The molecule has 0 radical (unpaired) electrons. The van der Waals surface area contributed by atoms with Gasteiger partial charge in [0.2, 0.25) is 0 Å². The van der Waals surface area contributed by atoms with Gasteiger partial charge in [-0.15, -0.1) is 0 Å². The smallest absolute Gasteiger partial charge is 0.319 e. The number of hydrogen-bond acceptors (Lipinski definition) is 8. The molecular formula is C24H32N2O6. The van der Waals surface area contributed by atoms with Crippen molar-refractivity contribution in [2.75, 3.05) is 40.4 Å². The quantitative estimate of drug-likeness (QED) is 0.510. The highest BCUT2D eigenvalue weighted by molar-refractivity contribution is 5.72. The molecule has 0 atom stereocenters. The summed E-state index contributed by atoms with van der Waals surface area (Å²) in [6, 6.07) is 10.6. The number of methoxy groups -OCH3 is 2. The van der Waals surface area contributed by atoms with E-state index in [1.165, 1.54) is 14.2 Å². The third kappa shape index (κ3) is 7.86. The molecule has 0 unspecified atom stereocenters. The molecule has 2 aromatic rings. The van der Waals surface area contributed by atoms with Crippen LogP contribution >= 0.6 is 0 Å². The van der Waals surface area contributed by atoms with Crippen LogP contribution in [0, 0.1) is 13.8 Å². The minimum atomic E-state index is -0.395. The van der Waals surface area contributed by atoms with Crippen LogP contribution < -0.4 is 0 Å². The maximum absolute atomic E-state index is 12.0. The number of ether oxygens (including phenoxy) is 2. The van der Waals surface area contributed by atoms with E-state index in [4.69, 9.17) is 9.47 Å². The van der Waals surface area contributed by atoms with Gasteiger partial charge in [0.25, 0.3) is 0 Å². The first kappa shape index (κ1) is 25.2. The van der Waals surface area contributed by atoms with Crippen LogP contribution in [0.4, 0.5) is 0 Å². The van der Waals surface area contributed by atoms with Crippen LogP contribution in [0.3, 0.4) is 0 Å². The molecule has 0 aliphatic heterocycles. The number of phenols is 2. The van der Waals surface area contributed by atoms with Crippen LogP contribution in [0.2, 0.25) is 0 Å². The second-order valence-electron chi connectivity index (χ2n) is 7.84. The number of aromatic hydroxyl groups is 2. The first-order valence-electron chi connectivity index (χ1n) is 10.4. The SMILES string of the molecule is COC(=O)CN(CCN(CC(=O)OC)Cc1cc(C)ccc1O)Cc1cc(C)ccc1O. The number of nitrogens with zero attached hydrogens (tertiary/aromatic N) is 2. The van der Waals surface area contributed by atoms with Gasteiger partial charge in [0.15, 0.2) is 0 Å². The number of benzene rings is 2. The van der Waals surface area contributed by atoms with Crippen molar-refractivity contribution < 1.29 is 29.3 Å². The Bertz CT molecular complexity index is 855. The minimum Gasteiger partial charge on any atom is -0.508 e. The molecule has 0 saturated carbocycles. The number of phenolic OH excluding ortho intramolecular Hbond substituents is 2. The number of aryl methyl sites for hydroxylation is 2. The van der Waals surface area contributed by atoms with E-state index in [-0.39, 0.29) is 24.6 Å². The third-order valence-electron chi connectivity index (χ3n) is 5.15. The summed E-state index contributed by atoms with van der Waals surface area (Å²) in [5.74, 6) is -0.482. The second kappa shape index (κ2) is 12.1. The Hall–Kier alpha value is -3.10. The van der Waals surface area contributed by atoms with Gasteiger partial charge in [-0.1, -0.05) is 35.4 Å². The third-order valence-corrected chi connectivity index (χ3v) is 5.15. The summed E-state index contributed by atoms with van der Waals surface area (Å²) in [5, 5.41) is 20.4. The minimum absolute atomic E-state index is 0.0334. The molecule has 174 valence electrons. The lowest BCUT2D eigenvalue weighted by molar-refractivity contribution is -0.143. The fourth-order valence-electron chi connectivity index (χ4n) is 3.37. The van der Waals surface area contributed by atoms with Crippen LogP contribution in [0.5, 0.6) is 11.5 Å².